The molecule has 2 N–H and O–H groups in total. The maximum atomic E-state index is 12.1. The number of aromatic amines is 1. The van der Waals surface area contributed by atoms with Crippen LogP contribution in [0.25, 0.3) is 0 Å². The van der Waals surface area contributed by atoms with Gasteiger partial charge in [0.1, 0.15) is 5.69 Å². The SMILES string of the molecule is COC(=O)C1C2CCC(C2)C1NC(=O)c1ccc[nH]1. The van der Waals surface area contributed by atoms with E-state index < -0.39 is 0 Å². The molecule has 0 saturated heterocycles. The number of carbonyl (C=O) groups is 2. The quantitative estimate of drug-likeness (QED) is 0.807. The molecule has 0 radical (unpaired) electrons. The Morgan fingerprint density at radius 1 is 1.37 bits per heavy atom. The molecule has 19 heavy (non-hydrogen) atoms. The second-order valence-corrected chi connectivity index (χ2v) is 5.47. The number of hydrogen-bond donors (Lipinski definition) is 2. The van der Waals surface area contributed by atoms with Crippen LogP contribution in [0.2, 0.25) is 0 Å². The van der Waals surface area contributed by atoms with Gasteiger partial charge in [-0.05, 0) is 43.2 Å². The first-order valence-corrected chi connectivity index (χ1v) is 6.72. The number of aromatic nitrogens is 1. The van der Waals surface area contributed by atoms with Gasteiger partial charge in [-0.25, -0.2) is 0 Å². The third-order valence-electron chi connectivity index (χ3n) is 4.53. The van der Waals surface area contributed by atoms with Crippen molar-refractivity contribution in [3.05, 3.63) is 24.0 Å². The predicted molar refractivity (Wildman–Crippen MR) is 68.4 cm³/mol. The van der Waals surface area contributed by atoms with Crippen LogP contribution in [-0.2, 0) is 9.53 Å². The second kappa shape index (κ2) is 4.72. The lowest BCUT2D eigenvalue weighted by Crippen LogP contribution is -2.47. The fourth-order valence-electron chi connectivity index (χ4n) is 3.67. The van der Waals surface area contributed by atoms with E-state index in [4.69, 9.17) is 4.74 Å². The zero-order valence-electron chi connectivity index (χ0n) is 10.9. The molecule has 102 valence electrons. The van der Waals surface area contributed by atoms with Crippen molar-refractivity contribution in [3.8, 4) is 0 Å². The predicted octanol–water partition coefficient (Wildman–Crippen LogP) is 1.33. The summed E-state index contributed by atoms with van der Waals surface area (Å²) in [6.45, 7) is 0. The summed E-state index contributed by atoms with van der Waals surface area (Å²) < 4.78 is 4.89. The van der Waals surface area contributed by atoms with Crippen LogP contribution >= 0.6 is 0 Å². The smallest absolute Gasteiger partial charge is 0.311 e. The molecule has 1 amide bonds. The summed E-state index contributed by atoms with van der Waals surface area (Å²) in [4.78, 5) is 26.9. The lowest BCUT2D eigenvalue weighted by Gasteiger charge is -2.29. The molecule has 2 bridgehead atoms. The minimum absolute atomic E-state index is 0.0815. The van der Waals surface area contributed by atoms with Gasteiger partial charge in [0.05, 0.1) is 13.0 Å². The normalized spacial score (nSPS) is 32.3. The van der Waals surface area contributed by atoms with E-state index >= 15 is 0 Å². The number of rotatable bonds is 3. The van der Waals surface area contributed by atoms with Gasteiger partial charge in [0.15, 0.2) is 0 Å². The second-order valence-electron chi connectivity index (χ2n) is 5.47. The zero-order chi connectivity index (χ0) is 13.4. The summed E-state index contributed by atoms with van der Waals surface area (Å²) in [5, 5.41) is 3.01. The van der Waals surface area contributed by atoms with Gasteiger partial charge >= 0.3 is 5.97 Å². The van der Waals surface area contributed by atoms with Crippen molar-refractivity contribution in [2.45, 2.75) is 25.3 Å². The van der Waals surface area contributed by atoms with Crippen LogP contribution in [0, 0.1) is 17.8 Å². The van der Waals surface area contributed by atoms with Crippen molar-refractivity contribution in [1.29, 1.82) is 0 Å². The highest BCUT2D eigenvalue weighted by molar-refractivity contribution is 5.93. The van der Waals surface area contributed by atoms with E-state index in [1.165, 1.54) is 7.11 Å². The molecule has 3 rings (SSSR count). The van der Waals surface area contributed by atoms with Gasteiger partial charge in [-0.15, -0.1) is 0 Å². The lowest BCUT2D eigenvalue weighted by molar-refractivity contribution is -0.148. The van der Waals surface area contributed by atoms with Gasteiger partial charge in [-0.1, -0.05) is 0 Å². The number of esters is 1. The Morgan fingerprint density at radius 3 is 2.84 bits per heavy atom. The van der Waals surface area contributed by atoms with Gasteiger partial charge in [0.25, 0.3) is 5.91 Å². The summed E-state index contributed by atoms with van der Waals surface area (Å²) in [7, 11) is 1.41. The van der Waals surface area contributed by atoms with E-state index in [-0.39, 0.29) is 23.8 Å². The number of carbonyl (C=O) groups excluding carboxylic acids is 2. The number of ether oxygens (including phenoxy) is 1. The summed E-state index contributed by atoms with van der Waals surface area (Å²) in [6.07, 6.45) is 4.90. The number of amides is 1. The Balaban J connectivity index is 1.75. The molecule has 5 nitrogen and oxygen atoms in total. The molecule has 2 aliphatic carbocycles. The van der Waals surface area contributed by atoms with E-state index in [1.807, 2.05) is 0 Å². The maximum absolute atomic E-state index is 12.1. The molecule has 2 saturated carbocycles. The first-order valence-electron chi connectivity index (χ1n) is 6.72. The highest BCUT2D eigenvalue weighted by Crippen LogP contribution is 2.48. The maximum Gasteiger partial charge on any atom is 0.311 e. The molecule has 2 aliphatic rings. The van der Waals surface area contributed by atoms with Gasteiger partial charge in [0.2, 0.25) is 0 Å². The van der Waals surface area contributed by atoms with E-state index in [1.54, 1.807) is 18.3 Å². The molecule has 1 aromatic rings. The Kier molecular flexibility index (Phi) is 3.05. The molecule has 1 aromatic heterocycles. The van der Waals surface area contributed by atoms with Gasteiger partial charge in [-0.3, -0.25) is 9.59 Å². The van der Waals surface area contributed by atoms with Crippen LogP contribution in [0.1, 0.15) is 29.8 Å². The van der Waals surface area contributed by atoms with E-state index in [0.29, 0.717) is 17.5 Å². The van der Waals surface area contributed by atoms with Gasteiger partial charge < -0.3 is 15.0 Å². The van der Waals surface area contributed by atoms with Crippen LogP contribution < -0.4 is 5.32 Å². The van der Waals surface area contributed by atoms with Crippen molar-refractivity contribution in [3.63, 3.8) is 0 Å². The number of H-pyrrole nitrogens is 1. The Labute approximate surface area is 111 Å². The van der Waals surface area contributed by atoms with E-state index in [0.717, 1.165) is 19.3 Å². The van der Waals surface area contributed by atoms with Crippen molar-refractivity contribution in [2.24, 2.45) is 17.8 Å². The summed E-state index contributed by atoms with van der Waals surface area (Å²) >= 11 is 0. The van der Waals surface area contributed by atoms with Crippen molar-refractivity contribution in [1.82, 2.24) is 10.3 Å². The Hall–Kier alpha value is -1.78. The van der Waals surface area contributed by atoms with Crippen LogP contribution in [0.3, 0.4) is 0 Å². The number of hydrogen-bond acceptors (Lipinski definition) is 3. The van der Waals surface area contributed by atoms with Crippen molar-refractivity contribution in [2.75, 3.05) is 7.11 Å². The van der Waals surface area contributed by atoms with Gasteiger partial charge in [-0.2, -0.15) is 0 Å². The minimum atomic E-state index is -0.191. The Morgan fingerprint density at radius 2 is 2.16 bits per heavy atom. The minimum Gasteiger partial charge on any atom is -0.469 e. The average Bonchev–Trinajstić information content (AvgIpc) is 3.13. The van der Waals surface area contributed by atoms with Crippen LogP contribution in [0.5, 0.6) is 0 Å². The molecular weight excluding hydrogens is 244 g/mol. The van der Waals surface area contributed by atoms with Crippen molar-refractivity contribution >= 4 is 11.9 Å². The average molecular weight is 262 g/mol. The highest BCUT2D eigenvalue weighted by atomic mass is 16.5. The molecule has 1 heterocycles. The molecule has 4 unspecified atom stereocenters. The first-order chi connectivity index (χ1) is 9.20. The Bertz CT molecular complexity index is 483. The largest absolute Gasteiger partial charge is 0.469 e. The molecule has 0 aromatic carbocycles. The fourth-order valence-corrected chi connectivity index (χ4v) is 3.67. The fraction of sp³-hybridized carbons (Fsp3) is 0.571. The first kappa shape index (κ1) is 12.3. The number of fused-ring (bicyclic) bond motifs is 2. The van der Waals surface area contributed by atoms with Crippen molar-refractivity contribution < 1.29 is 14.3 Å². The highest BCUT2D eigenvalue weighted by Gasteiger charge is 2.52. The summed E-state index contributed by atoms with van der Waals surface area (Å²) in [5.41, 5.74) is 0.534. The summed E-state index contributed by atoms with van der Waals surface area (Å²) in [6, 6.07) is 3.44. The third kappa shape index (κ3) is 2.03. The van der Waals surface area contributed by atoms with Gasteiger partial charge in [0, 0.05) is 12.2 Å². The van der Waals surface area contributed by atoms with Crippen LogP contribution in [0.4, 0.5) is 0 Å². The van der Waals surface area contributed by atoms with Crippen LogP contribution in [-0.4, -0.2) is 30.0 Å². The molecule has 4 atom stereocenters. The number of methoxy groups -OCH3 is 1. The molecule has 0 aliphatic heterocycles. The molecule has 5 heteroatoms. The summed E-state index contributed by atoms with van der Waals surface area (Å²) in [5.74, 6) is 0.266. The third-order valence-corrected chi connectivity index (χ3v) is 4.53. The zero-order valence-corrected chi connectivity index (χ0v) is 10.9. The molecule has 0 spiro atoms. The standard InChI is InChI=1S/C14H18N2O3/c1-19-14(18)11-8-4-5-9(7-8)12(11)16-13(17)10-3-2-6-15-10/h2-3,6,8-9,11-12,15H,4-5,7H2,1H3,(H,16,17). The molecular formula is C14H18N2O3. The van der Waals surface area contributed by atoms with E-state index in [2.05, 4.69) is 10.3 Å². The topological polar surface area (TPSA) is 71.2 Å². The monoisotopic (exact) mass is 262 g/mol. The van der Waals surface area contributed by atoms with E-state index in [9.17, 15) is 9.59 Å². The number of nitrogens with one attached hydrogen (secondary N) is 2. The van der Waals surface area contributed by atoms with Crippen LogP contribution in [0.15, 0.2) is 18.3 Å². The molecule has 2 fully saturated rings. The lowest BCUT2D eigenvalue weighted by atomic mass is 9.84.